The number of aliphatic hydroxyl groups is 1. The molecule has 3 aliphatic carbocycles. The molecular weight excluding hydrogens is 412 g/mol. The highest BCUT2D eigenvalue weighted by molar-refractivity contribution is 5.86. The van der Waals surface area contributed by atoms with Gasteiger partial charge in [0.05, 0.1) is 16.7 Å². The Bertz CT molecular complexity index is 1280. The van der Waals surface area contributed by atoms with Crippen LogP contribution >= 0.6 is 0 Å². The van der Waals surface area contributed by atoms with E-state index in [0.717, 1.165) is 48.6 Å². The van der Waals surface area contributed by atoms with Crippen LogP contribution in [0.15, 0.2) is 36.4 Å². The Morgan fingerprint density at radius 2 is 1.97 bits per heavy atom. The van der Waals surface area contributed by atoms with E-state index >= 15 is 0 Å². The summed E-state index contributed by atoms with van der Waals surface area (Å²) in [6.07, 6.45) is 4.66. The summed E-state index contributed by atoms with van der Waals surface area (Å²) in [6, 6.07) is 12.3. The van der Waals surface area contributed by atoms with Gasteiger partial charge < -0.3 is 19.9 Å². The summed E-state index contributed by atoms with van der Waals surface area (Å²) in [4.78, 5) is 6.22. The van der Waals surface area contributed by atoms with Crippen LogP contribution in [0.4, 0.5) is 0 Å². The van der Waals surface area contributed by atoms with E-state index in [9.17, 15) is 10.2 Å². The molecule has 1 aromatic heterocycles. The normalized spacial score (nSPS) is 33.1. The SMILES string of the molecule is CC.Oc1ccc2c3c1OC1c4[nH]c5ccccc5c4CC4(O)C(C2)N(CC2CC2)CCC314. The molecule has 3 aromatic rings. The number of likely N-dealkylation sites (tertiary alicyclic amines) is 1. The van der Waals surface area contributed by atoms with Crippen molar-refractivity contribution in [1.82, 2.24) is 9.88 Å². The van der Waals surface area contributed by atoms with Crippen molar-refractivity contribution in [2.45, 2.75) is 69.1 Å². The smallest absolute Gasteiger partial charge is 0.166 e. The molecule has 2 fully saturated rings. The fourth-order valence-corrected chi connectivity index (χ4v) is 7.57. The monoisotopic (exact) mass is 444 g/mol. The Morgan fingerprint density at radius 1 is 1.15 bits per heavy atom. The molecule has 2 aliphatic heterocycles. The van der Waals surface area contributed by atoms with E-state index < -0.39 is 11.0 Å². The van der Waals surface area contributed by atoms with Crippen LogP contribution < -0.4 is 4.74 Å². The van der Waals surface area contributed by atoms with Gasteiger partial charge in [-0.3, -0.25) is 4.90 Å². The molecule has 1 saturated heterocycles. The van der Waals surface area contributed by atoms with Crippen molar-refractivity contribution >= 4 is 10.9 Å². The number of piperidine rings is 1. The van der Waals surface area contributed by atoms with E-state index in [0.29, 0.717) is 12.2 Å². The lowest BCUT2D eigenvalue weighted by Gasteiger charge is -2.62. The second-order valence-corrected chi connectivity index (χ2v) is 10.5. The van der Waals surface area contributed by atoms with Crippen LogP contribution in [0.1, 0.15) is 61.6 Å². The maximum absolute atomic E-state index is 12.7. The quantitative estimate of drug-likeness (QED) is 0.540. The lowest BCUT2D eigenvalue weighted by atomic mass is 9.49. The Kier molecular flexibility index (Phi) is 3.95. The van der Waals surface area contributed by atoms with Gasteiger partial charge in [-0.25, -0.2) is 0 Å². The molecule has 8 rings (SSSR count). The van der Waals surface area contributed by atoms with Gasteiger partial charge in [-0.2, -0.15) is 0 Å². The highest BCUT2D eigenvalue weighted by Gasteiger charge is 2.72. The topological polar surface area (TPSA) is 68.7 Å². The van der Waals surface area contributed by atoms with E-state index in [2.05, 4.69) is 34.1 Å². The van der Waals surface area contributed by atoms with Gasteiger partial charge in [-0.1, -0.05) is 38.1 Å². The molecule has 5 nitrogen and oxygen atoms in total. The molecule has 2 aromatic carbocycles. The Balaban J connectivity index is 0.000000928. The molecule has 33 heavy (non-hydrogen) atoms. The Morgan fingerprint density at radius 3 is 2.79 bits per heavy atom. The number of hydrogen-bond donors (Lipinski definition) is 3. The minimum absolute atomic E-state index is 0.0813. The number of H-pyrrole nitrogens is 1. The van der Waals surface area contributed by atoms with Crippen molar-refractivity contribution in [2.75, 3.05) is 13.1 Å². The number of para-hydroxylation sites is 1. The number of nitrogens with zero attached hydrogens (tertiary/aromatic N) is 1. The molecule has 0 amide bonds. The maximum Gasteiger partial charge on any atom is 0.166 e. The molecule has 2 bridgehead atoms. The summed E-state index contributed by atoms with van der Waals surface area (Å²) in [5.41, 5.74) is 4.27. The average Bonchev–Trinajstić information content (AvgIpc) is 3.46. The Hall–Kier alpha value is -2.50. The maximum atomic E-state index is 12.7. The van der Waals surface area contributed by atoms with Gasteiger partial charge in [-0.05, 0) is 61.4 Å². The molecule has 4 unspecified atom stereocenters. The molecule has 3 heterocycles. The summed E-state index contributed by atoms with van der Waals surface area (Å²) in [7, 11) is 0. The molecule has 3 N–H and O–H groups in total. The number of benzene rings is 2. The number of phenolic OH excluding ortho intramolecular Hbond substituents is 1. The minimum Gasteiger partial charge on any atom is -0.504 e. The fourth-order valence-electron chi connectivity index (χ4n) is 7.57. The second-order valence-electron chi connectivity index (χ2n) is 10.5. The number of ether oxygens (including phenoxy) is 1. The third-order valence-electron chi connectivity index (χ3n) is 9.07. The summed E-state index contributed by atoms with van der Waals surface area (Å²) in [6.45, 7) is 6.07. The van der Waals surface area contributed by atoms with Gasteiger partial charge in [0.25, 0.3) is 0 Å². The highest BCUT2D eigenvalue weighted by Crippen LogP contribution is 2.69. The standard InChI is InChI=1S/C26H26N2O3.C2H6/c29-19-8-7-15-11-20-26(30)12-17-16-3-1-2-4-18(16)27-22(17)24-25(26,21(15)23(19)31-24)9-10-28(20)13-14-5-6-14;1-2/h1-4,7-8,14,20,24,27,29-30H,5-6,9-13H2;1-2H3. The number of aromatic hydroxyl groups is 1. The summed E-state index contributed by atoms with van der Waals surface area (Å²) in [5.74, 6) is 1.58. The van der Waals surface area contributed by atoms with E-state index in [4.69, 9.17) is 4.74 Å². The van der Waals surface area contributed by atoms with Gasteiger partial charge in [0.1, 0.15) is 0 Å². The highest BCUT2D eigenvalue weighted by atomic mass is 16.5. The molecule has 1 spiro atoms. The Labute approximate surface area is 194 Å². The number of rotatable bonds is 2. The predicted molar refractivity (Wildman–Crippen MR) is 128 cm³/mol. The number of aromatic nitrogens is 1. The fraction of sp³-hybridized carbons (Fsp3) is 0.500. The summed E-state index contributed by atoms with van der Waals surface area (Å²) in [5, 5.41) is 24.6. The zero-order valence-corrected chi connectivity index (χ0v) is 19.4. The summed E-state index contributed by atoms with van der Waals surface area (Å²) < 4.78 is 6.60. The number of phenols is 1. The second kappa shape index (κ2) is 6.55. The van der Waals surface area contributed by atoms with Crippen LogP contribution in [-0.2, 0) is 18.3 Å². The van der Waals surface area contributed by atoms with E-state index in [1.165, 1.54) is 29.4 Å². The first-order chi connectivity index (χ1) is 16.1. The molecule has 5 heteroatoms. The van der Waals surface area contributed by atoms with Crippen LogP contribution in [0.3, 0.4) is 0 Å². The van der Waals surface area contributed by atoms with Crippen LogP contribution in [0.5, 0.6) is 11.5 Å². The number of hydrogen-bond acceptors (Lipinski definition) is 4. The zero-order valence-electron chi connectivity index (χ0n) is 19.4. The van der Waals surface area contributed by atoms with Gasteiger partial charge in [0.15, 0.2) is 17.6 Å². The minimum atomic E-state index is -0.908. The largest absolute Gasteiger partial charge is 0.504 e. The van der Waals surface area contributed by atoms with Crippen molar-refractivity contribution in [2.24, 2.45) is 5.92 Å². The van der Waals surface area contributed by atoms with E-state index in [1.54, 1.807) is 6.07 Å². The van der Waals surface area contributed by atoms with Crippen LogP contribution in [0.25, 0.3) is 10.9 Å². The third-order valence-corrected chi connectivity index (χ3v) is 9.07. The lowest BCUT2D eigenvalue weighted by Crippen LogP contribution is -2.74. The average molecular weight is 445 g/mol. The molecule has 0 radical (unpaired) electrons. The van der Waals surface area contributed by atoms with Crippen molar-refractivity contribution in [3.8, 4) is 11.5 Å². The van der Waals surface area contributed by atoms with Crippen molar-refractivity contribution in [3.05, 3.63) is 58.8 Å². The molecule has 172 valence electrons. The molecular formula is C28H32N2O3. The number of fused-ring (bicyclic) bond motifs is 4. The van der Waals surface area contributed by atoms with Crippen molar-refractivity contribution < 1.29 is 14.9 Å². The first-order valence-corrected chi connectivity index (χ1v) is 12.7. The first-order valence-electron chi connectivity index (χ1n) is 12.7. The number of aromatic amines is 1. The van der Waals surface area contributed by atoms with Crippen LogP contribution in [0, 0.1) is 5.92 Å². The molecule has 1 saturated carbocycles. The summed E-state index contributed by atoms with van der Waals surface area (Å²) >= 11 is 0. The van der Waals surface area contributed by atoms with Crippen LogP contribution in [-0.4, -0.2) is 44.8 Å². The van der Waals surface area contributed by atoms with Crippen LogP contribution in [0.2, 0.25) is 0 Å². The molecule has 4 atom stereocenters. The van der Waals surface area contributed by atoms with Gasteiger partial charge in [-0.15, -0.1) is 0 Å². The first kappa shape index (κ1) is 19.9. The molecule has 5 aliphatic rings. The van der Waals surface area contributed by atoms with Gasteiger partial charge in [0.2, 0.25) is 0 Å². The third kappa shape index (κ3) is 2.30. The van der Waals surface area contributed by atoms with E-state index in [-0.39, 0.29) is 17.9 Å². The predicted octanol–water partition coefficient (Wildman–Crippen LogP) is 4.60. The van der Waals surface area contributed by atoms with Crippen molar-refractivity contribution in [3.63, 3.8) is 0 Å². The lowest BCUT2D eigenvalue weighted by molar-refractivity contribution is -0.173. The van der Waals surface area contributed by atoms with Gasteiger partial charge in [0, 0.05) is 35.5 Å². The zero-order chi connectivity index (χ0) is 22.5. The van der Waals surface area contributed by atoms with Crippen molar-refractivity contribution in [1.29, 1.82) is 0 Å². The van der Waals surface area contributed by atoms with E-state index in [1.807, 2.05) is 19.9 Å². The van der Waals surface area contributed by atoms with Gasteiger partial charge >= 0.3 is 0 Å². The number of nitrogens with one attached hydrogen (secondary N) is 1.